The van der Waals surface area contributed by atoms with E-state index in [0.29, 0.717) is 29.5 Å². The van der Waals surface area contributed by atoms with E-state index >= 15 is 0 Å². The Morgan fingerprint density at radius 1 is 1.00 bits per heavy atom. The lowest BCUT2D eigenvalue weighted by atomic mass is 10.1. The van der Waals surface area contributed by atoms with Gasteiger partial charge in [0.25, 0.3) is 5.91 Å². The molecule has 0 spiro atoms. The van der Waals surface area contributed by atoms with Gasteiger partial charge in [-0.05, 0) is 74.2 Å². The zero-order chi connectivity index (χ0) is 24.2. The summed E-state index contributed by atoms with van der Waals surface area (Å²) in [7, 11) is 0. The molecule has 1 heterocycles. The van der Waals surface area contributed by atoms with Crippen molar-refractivity contribution < 1.29 is 9.53 Å². The van der Waals surface area contributed by atoms with Gasteiger partial charge in [0.05, 0.1) is 28.6 Å². The molecular formula is C28H28ClN3O2. The second kappa shape index (κ2) is 10.1. The number of rotatable bonds is 7. The average molecular weight is 474 g/mol. The molecule has 0 radical (unpaired) electrons. The number of carbonyl (C=O) groups is 1. The maximum absolute atomic E-state index is 12.9. The van der Waals surface area contributed by atoms with E-state index in [4.69, 9.17) is 16.3 Å². The van der Waals surface area contributed by atoms with E-state index in [0.717, 1.165) is 28.2 Å². The number of hydrogen-bond acceptors (Lipinski definition) is 3. The van der Waals surface area contributed by atoms with Gasteiger partial charge < -0.3 is 10.1 Å². The summed E-state index contributed by atoms with van der Waals surface area (Å²) in [5, 5.41) is 8.26. The zero-order valence-electron chi connectivity index (χ0n) is 19.9. The summed E-state index contributed by atoms with van der Waals surface area (Å²) in [6.45, 7) is 9.00. The summed E-state index contributed by atoms with van der Waals surface area (Å²) in [6, 6.07) is 21.3. The van der Waals surface area contributed by atoms with Crippen molar-refractivity contribution in [3.8, 4) is 5.75 Å². The van der Waals surface area contributed by atoms with Gasteiger partial charge in [-0.3, -0.25) is 9.48 Å². The molecule has 0 atom stereocenters. The van der Waals surface area contributed by atoms with Crippen LogP contribution in [0.15, 0.2) is 66.7 Å². The van der Waals surface area contributed by atoms with Gasteiger partial charge in [-0.1, -0.05) is 54.1 Å². The number of benzene rings is 3. The van der Waals surface area contributed by atoms with Crippen LogP contribution in [0.5, 0.6) is 5.75 Å². The zero-order valence-corrected chi connectivity index (χ0v) is 20.6. The van der Waals surface area contributed by atoms with Gasteiger partial charge in [0.15, 0.2) is 0 Å². The molecule has 5 nitrogen and oxygen atoms in total. The number of anilines is 1. The summed E-state index contributed by atoms with van der Waals surface area (Å²) in [6.07, 6.45) is 0. The molecular weight excluding hydrogens is 446 g/mol. The Kier molecular flexibility index (Phi) is 7.03. The predicted molar refractivity (Wildman–Crippen MR) is 137 cm³/mol. The Bertz CT molecular complexity index is 1330. The maximum atomic E-state index is 12.9. The van der Waals surface area contributed by atoms with E-state index in [1.807, 2.05) is 67.9 Å². The number of carbonyl (C=O) groups excluding carboxylic acids is 1. The SMILES string of the molecule is Cc1ccc(Cl)c(OCc2ccc(C(=O)Nc3c(C)nn(Cc4ccccc4C)c3C)cc2)c1. The van der Waals surface area contributed by atoms with Crippen LogP contribution in [-0.2, 0) is 13.2 Å². The topological polar surface area (TPSA) is 56.1 Å². The number of nitrogens with one attached hydrogen (secondary N) is 1. The van der Waals surface area contributed by atoms with Gasteiger partial charge in [0.1, 0.15) is 12.4 Å². The Morgan fingerprint density at radius 2 is 1.74 bits per heavy atom. The summed E-state index contributed by atoms with van der Waals surface area (Å²) in [5.41, 5.74) is 7.49. The Balaban J connectivity index is 1.42. The van der Waals surface area contributed by atoms with Gasteiger partial charge in [-0.2, -0.15) is 5.10 Å². The van der Waals surface area contributed by atoms with Crippen molar-refractivity contribution in [1.29, 1.82) is 0 Å². The predicted octanol–water partition coefficient (Wildman–Crippen LogP) is 6.65. The van der Waals surface area contributed by atoms with E-state index in [9.17, 15) is 4.79 Å². The van der Waals surface area contributed by atoms with Gasteiger partial charge in [-0.15, -0.1) is 0 Å². The quantitative estimate of drug-likeness (QED) is 0.327. The summed E-state index contributed by atoms with van der Waals surface area (Å²) in [4.78, 5) is 12.9. The Morgan fingerprint density at radius 3 is 2.47 bits per heavy atom. The number of nitrogens with zero attached hydrogens (tertiary/aromatic N) is 2. The van der Waals surface area contributed by atoms with Crippen LogP contribution in [-0.4, -0.2) is 15.7 Å². The van der Waals surface area contributed by atoms with Crippen molar-refractivity contribution in [3.63, 3.8) is 0 Å². The summed E-state index contributed by atoms with van der Waals surface area (Å²) >= 11 is 6.20. The molecule has 0 aliphatic carbocycles. The van der Waals surface area contributed by atoms with Crippen LogP contribution in [0.1, 0.15) is 44.0 Å². The number of aryl methyl sites for hydroxylation is 3. The largest absolute Gasteiger partial charge is 0.487 e. The molecule has 6 heteroatoms. The second-order valence-corrected chi connectivity index (χ2v) is 8.91. The molecule has 0 fully saturated rings. The average Bonchev–Trinajstić information content (AvgIpc) is 3.08. The van der Waals surface area contributed by atoms with E-state index in [-0.39, 0.29) is 5.91 Å². The van der Waals surface area contributed by atoms with Crippen LogP contribution in [0.4, 0.5) is 5.69 Å². The van der Waals surface area contributed by atoms with Crippen molar-refractivity contribution in [2.75, 3.05) is 5.32 Å². The molecule has 174 valence electrons. The minimum atomic E-state index is -0.171. The smallest absolute Gasteiger partial charge is 0.255 e. The first-order valence-corrected chi connectivity index (χ1v) is 11.6. The van der Waals surface area contributed by atoms with E-state index < -0.39 is 0 Å². The fraction of sp³-hybridized carbons (Fsp3) is 0.214. The van der Waals surface area contributed by atoms with Crippen molar-refractivity contribution in [1.82, 2.24) is 9.78 Å². The van der Waals surface area contributed by atoms with Gasteiger partial charge in [0, 0.05) is 5.56 Å². The third-order valence-corrected chi connectivity index (χ3v) is 6.21. The highest BCUT2D eigenvalue weighted by Crippen LogP contribution is 2.26. The third-order valence-electron chi connectivity index (χ3n) is 5.90. The molecule has 0 aliphatic rings. The minimum Gasteiger partial charge on any atom is -0.487 e. The summed E-state index contributed by atoms with van der Waals surface area (Å²) in [5.74, 6) is 0.480. The van der Waals surface area contributed by atoms with E-state index in [1.165, 1.54) is 11.1 Å². The van der Waals surface area contributed by atoms with Crippen molar-refractivity contribution in [3.05, 3.63) is 111 Å². The van der Waals surface area contributed by atoms with Crippen LogP contribution in [0.2, 0.25) is 5.02 Å². The molecule has 1 aromatic heterocycles. The molecule has 0 unspecified atom stereocenters. The number of aromatic nitrogens is 2. The van der Waals surface area contributed by atoms with Crippen LogP contribution in [0.3, 0.4) is 0 Å². The molecule has 0 saturated heterocycles. The van der Waals surface area contributed by atoms with E-state index in [2.05, 4.69) is 29.5 Å². The first-order valence-electron chi connectivity index (χ1n) is 11.2. The highest BCUT2D eigenvalue weighted by atomic mass is 35.5. The first-order chi connectivity index (χ1) is 16.3. The Labute approximate surface area is 205 Å². The standard InChI is InChI=1S/C28H28ClN3O2/c1-18-9-14-25(29)26(15-18)34-17-22-10-12-23(13-11-22)28(33)30-27-20(3)31-32(21(27)4)16-24-8-6-5-7-19(24)2/h5-15H,16-17H2,1-4H3,(H,30,33). The fourth-order valence-corrected chi connectivity index (χ4v) is 3.97. The molecule has 4 rings (SSSR count). The molecule has 0 bridgehead atoms. The van der Waals surface area contributed by atoms with Crippen molar-refractivity contribution in [2.24, 2.45) is 0 Å². The molecule has 0 saturated carbocycles. The van der Waals surface area contributed by atoms with Crippen LogP contribution < -0.4 is 10.1 Å². The van der Waals surface area contributed by atoms with Crippen LogP contribution in [0.25, 0.3) is 0 Å². The molecule has 34 heavy (non-hydrogen) atoms. The number of halogens is 1. The lowest BCUT2D eigenvalue weighted by Gasteiger charge is -2.10. The Hall–Kier alpha value is -3.57. The van der Waals surface area contributed by atoms with Gasteiger partial charge >= 0.3 is 0 Å². The lowest BCUT2D eigenvalue weighted by Crippen LogP contribution is -2.13. The highest BCUT2D eigenvalue weighted by Gasteiger charge is 2.16. The molecule has 1 N–H and O–H groups in total. The molecule has 1 amide bonds. The molecule has 0 aliphatic heterocycles. The first kappa shape index (κ1) is 23.6. The van der Waals surface area contributed by atoms with Crippen LogP contribution in [0, 0.1) is 27.7 Å². The van der Waals surface area contributed by atoms with Gasteiger partial charge in [0.2, 0.25) is 0 Å². The monoisotopic (exact) mass is 473 g/mol. The second-order valence-electron chi connectivity index (χ2n) is 8.50. The van der Waals surface area contributed by atoms with Crippen molar-refractivity contribution >= 4 is 23.2 Å². The fourth-order valence-electron chi connectivity index (χ4n) is 3.80. The lowest BCUT2D eigenvalue weighted by molar-refractivity contribution is 0.102. The molecule has 4 aromatic rings. The molecule has 3 aromatic carbocycles. The summed E-state index contributed by atoms with van der Waals surface area (Å²) < 4.78 is 7.78. The van der Waals surface area contributed by atoms with Crippen molar-refractivity contribution in [2.45, 2.75) is 40.8 Å². The van der Waals surface area contributed by atoms with E-state index in [1.54, 1.807) is 12.1 Å². The number of ether oxygens (including phenoxy) is 1. The highest BCUT2D eigenvalue weighted by molar-refractivity contribution is 6.32. The minimum absolute atomic E-state index is 0.171. The maximum Gasteiger partial charge on any atom is 0.255 e. The number of amides is 1. The number of hydrogen-bond donors (Lipinski definition) is 1. The normalized spacial score (nSPS) is 10.9. The third kappa shape index (κ3) is 5.32. The van der Waals surface area contributed by atoms with Crippen LogP contribution >= 0.6 is 11.6 Å². The van der Waals surface area contributed by atoms with Gasteiger partial charge in [-0.25, -0.2) is 0 Å².